The lowest BCUT2D eigenvalue weighted by atomic mass is 9.93. The number of carbonyl (C=O) groups is 3. The number of methoxy groups -OCH3 is 2. The van der Waals surface area contributed by atoms with Gasteiger partial charge in [0.1, 0.15) is 17.7 Å². The van der Waals surface area contributed by atoms with Gasteiger partial charge < -0.3 is 35.6 Å². The van der Waals surface area contributed by atoms with Gasteiger partial charge in [-0.15, -0.1) is 0 Å². The topological polar surface area (TPSA) is 198 Å². The predicted octanol–water partition coefficient (Wildman–Crippen LogP) is 5.23. The normalized spacial score (nSPS) is 16.4. The number of halogens is 4. The zero-order valence-corrected chi connectivity index (χ0v) is 28.7. The van der Waals surface area contributed by atoms with E-state index in [2.05, 4.69) is 10.3 Å². The number of carboxylic acid groups (broad SMARTS) is 2. The average molecular weight is 751 g/mol. The molecule has 1 aliphatic heterocycles. The summed E-state index contributed by atoms with van der Waals surface area (Å²) in [6.07, 6.45) is -3.48. The van der Waals surface area contributed by atoms with Gasteiger partial charge in [-0.05, 0) is 53.8 Å². The van der Waals surface area contributed by atoms with E-state index in [4.69, 9.17) is 25.1 Å². The predicted molar refractivity (Wildman–Crippen MR) is 180 cm³/mol. The molecule has 1 aliphatic rings. The smallest absolute Gasteiger partial charge is 0.490 e. The number of rotatable bonds is 10. The SMILES string of the molecule is CCS(=O)(=O)c1ccccc1C1C(C(=O)O)CCN1C(=O)[C@@H](Nc1ccc2c(N)nccc2c1)c1cc(OC)c(OC)cc1F.O=C(O)C(F)(F)F. The van der Waals surface area contributed by atoms with Crippen LogP contribution < -0.4 is 20.5 Å². The van der Waals surface area contributed by atoms with E-state index in [1.54, 1.807) is 42.6 Å². The lowest BCUT2D eigenvalue weighted by Crippen LogP contribution is -2.40. The first-order chi connectivity index (χ1) is 24.4. The second-order valence-corrected chi connectivity index (χ2v) is 13.6. The molecule has 1 amide bonds. The summed E-state index contributed by atoms with van der Waals surface area (Å²) in [6, 6.07) is 12.9. The van der Waals surface area contributed by atoms with Gasteiger partial charge in [0.15, 0.2) is 21.3 Å². The Kier molecular flexibility index (Phi) is 11.8. The Morgan fingerprint density at radius 1 is 1.04 bits per heavy atom. The number of aromatic nitrogens is 1. The molecule has 5 rings (SSSR count). The van der Waals surface area contributed by atoms with E-state index in [9.17, 15) is 36.3 Å². The molecule has 4 aromatic rings. The van der Waals surface area contributed by atoms with E-state index >= 15 is 4.39 Å². The fraction of sp³-hybridized carbons (Fsp3) is 0.294. The van der Waals surface area contributed by atoms with Crippen molar-refractivity contribution in [3.05, 3.63) is 83.8 Å². The number of likely N-dealkylation sites (tertiary alicyclic amines) is 1. The number of carbonyl (C=O) groups excluding carboxylic acids is 1. The number of anilines is 2. The van der Waals surface area contributed by atoms with Crippen LogP contribution in [0.15, 0.2) is 71.8 Å². The van der Waals surface area contributed by atoms with Gasteiger partial charge in [0.05, 0.1) is 36.8 Å². The molecule has 52 heavy (non-hydrogen) atoms. The maximum absolute atomic E-state index is 15.8. The number of nitrogen functional groups attached to an aromatic ring is 1. The Balaban J connectivity index is 0.000000785. The van der Waals surface area contributed by atoms with E-state index in [0.29, 0.717) is 16.9 Å². The Hall–Kier alpha value is -5.65. The molecule has 0 aliphatic carbocycles. The Morgan fingerprint density at radius 3 is 2.27 bits per heavy atom. The van der Waals surface area contributed by atoms with Crippen LogP contribution in [-0.4, -0.2) is 79.1 Å². The second kappa shape index (κ2) is 15.7. The number of aliphatic carboxylic acids is 2. The number of sulfone groups is 1. The van der Waals surface area contributed by atoms with Crippen LogP contribution >= 0.6 is 0 Å². The largest absolute Gasteiger partial charge is 0.493 e. The molecule has 0 saturated carbocycles. The third-order valence-electron chi connectivity index (χ3n) is 8.36. The fourth-order valence-electron chi connectivity index (χ4n) is 5.83. The maximum Gasteiger partial charge on any atom is 0.490 e. The first-order valence-electron chi connectivity index (χ1n) is 15.4. The van der Waals surface area contributed by atoms with Crippen molar-refractivity contribution in [2.75, 3.05) is 37.6 Å². The molecule has 1 aromatic heterocycles. The quantitative estimate of drug-likeness (QED) is 0.154. The summed E-state index contributed by atoms with van der Waals surface area (Å²) in [4.78, 5) is 41.3. The van der Waals surface area contributed by atoms with E-state index in [-0.39, 0.29) is 46.2 Å². The van der Waals surface area contributed by atoms with Crippen LogP contribution in [0.5, 0.6) is 11.5 Å². The molecule has 1 fully saturated rings. The van der Waals surface area contributed by atoms with E-state index in [1.165, 1.54) is 44.2 Å². The van der Waals surface area contributed by atoms with Gasteiger partial charge >= 0.3 is 18.1 Å². The zero-order chi connectivity index (χ0) is 38.5. The van der Waals surface area contributed by atoms with Crippen molar-refractivity contribution in [3.8, 4) is 11.5 Å². The number of fused-ring (bicyclic) bond motifs is 1. The standard InChI is InChI=1S/C32H33FN4O7S.C2HF3O2/c1-4-45(41,42)27-8-6-5-7-21(27)29-22(32(39)40)12-14-37(29)31(38)28(23-16-25(43-2)26(44-3)17-24(23)33)36-19-9-10-20-18(15-19)11-13-35-30(20)34;3-2(4,5)1(6)7/h5-11,13,15-17,22,28-29,36H,4,12,14H2,1-3H3,(H2,34,35)(H,39,40);(H,6,7)/t22?,28-,29?;/m0./s1. The lowest BCUT2D eigenvalue weighted by molar-refractivity contribution is -0.192. The Labute approximate surface area is 294 Å². The fourth-order valence-corrected chi connectivity index (χ4v) is 6.98. The molecule has 0 bridgehead atoms. The molecule has 0 spiro atoms. The van der Waals surface area contributed by atoms with Crippen LogP contribution in [-0.2, 0) is 24.2 Å². The second-order valence-electron chi connectivity index (χ2n) is 11.4. The monoisotopic (exact) mass is 750 g/mol. The molecule has 3 atom stereocenters. The summed E-state index contributed by atoms with van der Waals surface area (Å²) < 4.78 is 84.4. The number of carboxylic acids is 2. The van der Waals surface area contributed by atoms with Gasteiger partial charge in [-0.25, -0.2) is 22.6 Å². The maximum atomic E-state index is 15.8. The Bertz CT molecular complexity index is 2100. The van der Waals surface area contributed by atoms with Crippen LogP contribution in [0.1, 0.15) is 36.6 Å². The third kappa shape index (κ3) is 8.28. The first-order valence-corrected chi connectivity index (χ1v) is 17.1. The van der Waals surface area contributed by atoms with Gasteiger partial charge in [0.25, 0.3) is 0 Å². The molecule has 278 valence electrons. The molecule has 3 aromatic carbocycles. The van der Waals surface area contributed by atoms with Crippen LogP contribution in [0.25, 0.3) is 10.8 Å². The Morgan fingerprint density at radius 2 is 1.67 bits per heavy atom. The number of amides is 1. The van der Waals surface area contributed by atoms with Crippen molar-refractivity contribution in [2.24, 2.45) is 5.92 Å². The lowest BCUT2D eigenvalue weighted by Gasteiger charge is -2.32. The number of alkyl halides is 3. The highest BCUT2D eigenvalue weighted by Gasteiger charge is 2.46. The number of nitrogens with one attached hydrogen (secondary N) is 1. The first kappa shape index (κ1) is 39.1. The van der Waals surface area contributed by atoms with Crippen LogP contribution in [0.2, 0.25) is 0 Å². The van der Waals surface area contributed by atoms with Crippen LogP contribution in [0, 0.1) is 11.7 Å². The van der Waals surface area contributed by atoms with Gasteiger partial charge in [0.2, 0.25) is 5.91 Å². The summed E-state index contributed by atoms with van der Waals surface area (Å²) >= 11 is 0. The van der Waals surface area contributed by atoms with Crippen molar-refractivity contribution in [3.63, 3.8) is 0 Å². The van der Waals surface area contributed by atoms with Crippen molar-refractivity contribution >= 4 is 50.0 Å². The summed E-state index contributed by atoms with van der Waals surface area (Å²) in [5.74, 6) is -6.08. The van der Waals surface area contributed by atoms with E-state index < -0.39 is 57.7 Å². The number of benzene rings is 3. The minimum Gasteiger partial charge on any atom is -0.493 e. The number of ether oxygens (including phenoxy) is 2. The van der Waals surface area contributed by atoms with Crippen LogP contribution in [0.4, 0.5) is 29.1 Å². The van der Waals surface area contributed by atoms with Crippen molar-refractivity contribution in [1.82, 2.24) is 9.88 Å². The van der Waals surface area contributed by atoms with E-state index in [0.717, 1.165) is 11.5 Å². The highest BCUT2D eigenvalue weighted by atomic mass is 32.2. The van der Waals surface area contributed by atoms with Gasteiger partial charge in [-0.3, -0.25) is 9.59 Å². The van der Waals surface area contributed by atoms with Gasteiger partial charge in [-0.2, -0.15) is 13.2 Å². The number of hydrogen-bond donors (Lipinski definition) is 4. The molecular weight excluding hydrogens is 716 g/mol. The number of pyridine rings is 1. The molecular formula is C34H34F4N4O9S. The number of hydrogen-bond acceptors (Lipinski definition) is 10. The third-order valence-corrected chi connectivity index (χ3v) is 10.2. The molecule has 1 saturated heterocycles. The molecule has 2 unspecified atom stereocenters. The number of nitrogens with zero attached hydrogens (tertiary/aromatic N) is 2. The number of nitrogens with two attached hydrogens (primary N) is 1. The molecule has 2 heterocycles. The highest BCUT2D eigenvalue weighted by Crippen LogP contribution is 2.43. The molecule has 13 nitrogen and oxygen atoms in total. The van der Waals surface area contributed by atoms with Crippen LogP contribution in [0.3, 0.4) is 0 Å². The summed E-state index contributed by atoms with van der Waals surface area (Å²) in [6.45, 7) is 1.49. The van der Waals surface area contributed by atoms with Crippen molar-refractivity contribution in [1.29, 1.82) is 0 Å². The summed E-state index contributed by atoms with van der Waals surface area (Å²) in [7, 11) is -1.05. The molecule has 0 radical (unpaired) electrons. The minimum absolute atomic E-state index is 0.00597. The molecule has 5 N–H and O–H groups in total. The highest BCUT2D eigenvalue weighted by molar-refractivity contribution is 7.91. The van der Waals surface area contributed by atoms with Gasteiger partial charge in [-0.1, -0.05) is 25.1 Å². The minimum atomic E-state index is -5.08. The molecule has 18 heteroatoms. The summed E-state index contributed by atoms with van der Waals surface area (Å²) in [5.41, 5.74) is 6.56. The van der Waals surface area contributed by atoms with Crippen molar-refractivity contribution in [2.45, 2.75) is 36.5 Å². The average Bonchev–Trinajstić information content (AvgIpc) is 3.56. The van der Waals surface area contributed by atoms with Crippen molar-refractivity contribution < 1.29 is 60.0 Å². The zero-order valence-electron chi connectivity index (χ0n) is 27.8. The van der Waals surface area contributed by atoms with E-state index in [1.807, 2.05) is 0 Å². The van der Waals surface area contributed by atoms with Gasteiger partial charge in [0, 0.05) is 35.4 Å². The summed E-state index contributed by atoms with van der Waals surface area (Å²) in [5, 5.41) is 21.8.